The van der Waals surface area contributed by atoms with Crippen molar-refractivity contribution in [3.05, 3.63) is 47.7 Å². The van der Waals surface area contributed by atoms with E-state index in [0.29, 0.717) is 17.1 Å². The molecule has 1 atom stereocenters. The van der Waals surface area contributed by atoms with E-state index in [2.05, 4.69) is 10.3 Å². The number of aliphatic hydroxyl groups excluding tert-OH is 1. The number of hydrogen-bond acceptors (Lipinski definition) is 5. The molecule has 0 saturated carbocycles. The summed E-state index contributed by atoms with van der Waals surface area (Å²) in [6.07, 6.45) is -4.40. The number of methoxy groups -OCH3 is 2. The van der Waals surface area contributed by atoms with Crippen molar-refractivity contribution >= 4 is 5.82 Å². The van der Waals surface area contributed by atoms with E-state index in [0.717, 1.165) is 6.07 Å². The number of aromatic nitrogens is 1. The van der Waals surface area contributed by atoms with E-state index in [1.54, 1.807) is 18.2 Å². The van der Waals surface area contributed by atoms with Crippen LogP contribution in [-0.2, 0) is 6.18 Å². The largest absolute Gasteiger partial charge is 0.497 e. The lowest BCUT2D eigenvalue weighted by Gasteiger charge is -2.18. The Morgan fingerprint density at radius 1 is 1.21 bits per heavy atom. The van der Waals surface area contributed by atoms with Gasteiger partial charge in [-0.25, -0.2) is 4.98 Å². The first kappa shape index (κ1) is 17.9. The lowest BCUT2D eigenvalue weighted by atomic mass is 10.1. The molecule has 0 radical (unpaired) electrons. The predicted molar refractivity (Wildman–Crippen MR) is 82.2 cm³/mol. The molecule has 2 aromatic rings. The summed E-state index contributed by atoms with van der Waals surface area (Å²) in [4.78, 5) is 3.69. The molecule has 1 heterocycles. The van der Waals surface area contributed by atoms with Gasteiger partial charge in [0.15, 0.2) is 0 Å². The van der Waals surface area contributed by atoms with Crippen molar-refractivity contribution < 1.29 is 27.8 Å². The molecule has 8 heteroatoms. The van der Waals surface area contributed by atoms with Gasteiger partial charge in [0.05, 0.1) is 25.9 Å². The SMILES string of the molecule is COc1ccc(OC)c(C(O)CNc2ncccc2C(F)(F)F)c1. The van der Waals surface area contributed by atoms with Crippen LogP contribution in [0.2, 0.25) is 0 Å². The van der Waals surface area contributed by atoms with E-state index < -0.39 is 17.8 Å². The molecule has 0 spiro atoms. The topological polar surface area (TPSA) is 63.6 Å². The van der Waals surface area contributed by atoms with E-state index >= 15 is 0 Å². The maximum Gasteiger partial charge on any atom is 0.419 e. The Hall–Kier alpha value is -2.48. The summed E-state index contributed by atoms with van der Waals surface area (Å²) in [7, 11) is 2.91. The number of aliphatic hydroxyl groups is 1. The number of nitrogens with one attached hydrogen (secondary N) is 1. The average Bonchev–Trinajstić information content (AvgIpc) is 2.58. The molecule has 0 amide bonds. The van der Waals surface area contributed by atoms with E-state index in [1.807, 2.05) is 0 Å². The standard InChI is InChI=1S/C16H17F3N2O3/c1-23-10-5-6-14(24-2)11(8-10)13(22)9-21-15-12(16(17,18)19)4-3-7-20-15/h3-8,13,22H,9H2,1-2H3,(H,20,21). The van der Waals surface area contributed by atoms with E-state index in [4.69, 9.17) is 9.47 Å². The highest BCUT2D eigenvalue weighted by molar-refractivity contribution is 5.47. The van der Waals surface area contributed by atoms with Crippen molar-refractivity contribution in [3.63, 3.8) is 0 Å². The Labute approximate surface area is 137 Å². The maximum atomic E-state index is 12.9. The summed E-state index contributed by atoms with van der Waals surface area (Å²) in [6.45, 7) is -0.177. The molecule has 0 aliphatic heterocycles. The first-order chi connectivity index (χ1) is 11.4. The Morgan fingerprint density at radius 2 is 1.96 bits per heavy atom. The number of anilines is 1. The highest BCUT2D eigenvalue weighted by atomic mass is 19.4. The first-order valence-electron chi connectivity index (χ1n) is 7.03. The van der Waals surface area contributed by atoms with E-state index in [9.17, 15) is 18.3 Å². The van der Waals surface area contributed by atoms with Gasteiger partial charge in [-0.05, 0) is 30.3 Å². The van der Waals surface area contributed by atoms with E-state index in [-0.39, 0.29) is 12.4 Å². The number of ether oxygens (including phenoxy) is 2. The van der Waals surface area contributed by atoms with Crippen molar-refractivity contribution in [2.45, 2.75) is 12.3 Å². The zero-order valence-corrected chi connectivity index (χ0v) is 13.1. The average molecular weight is 342 g/mol. The molecule has 1 aromatic heterocycles. The minimum absolute atomic E-state index is 0.177. The fourth-order valence-electron chi connectivity index (χ4n) is 2.18. The van der Waals surface area contributed by atoms with Gasteiger partial charge in [0.25, 0.3) is 0 Å². The fraction of sp³-hybridized carbons (Fsp3) is 0.312. The van der Waals surface area contributed by atoms with Crippen molar-refractivity contribution in [1.29, 1.82) is 0 Å². The van der Waals surface area contributed by atoms with Crippen LogP contribution in [0, 0.1) is 0 Å². The molecule has 24 heavy (non-hydrogen) atoms. The zero-order valence-electron chi connectivity index (χ0n) is 13.1. The van der Waals surface area contributed by atoms with Crippen LogP contribution in [-0.4, -0.2) is 30.9 Å². The number of benzene rings is 1. The normalized spacial score (nSPS) is 12.6. The van der Waals surface area contributed by atoms with Crippen LogP contribution in [0.15, 0.2) is 36.5 Å². The lowest BCUT2D eigenvalue weighted by molar-refractivity contribution is -0.137. The van der Waals surface area contributed by atoms with Crippen LogP contribution < -0.4 is 14.8 Å². The maximum absolute atomic E-state index is 12.9. The van der Waals surface area contributed by atoms with Crippen LogP contribution >= 0.6 is 0 Å². The van der Waals surface area contributed by atoms with Gasteiger partial charge in [-0.2, -0.15) is 13.2 Å². The summed E-state index contributed by atoms with van der Waals surface area (Å²) in [5, 5.41) is 12.8. The zero-order chi connectivity index (χ0) is 17.7. The van der Waals surface area contributed by atoms with Gasteiger partial charge in [-0.15, -0.1) is 0 Å². The molecule has 0 saturated heterocycles. The molecule has 1 aromatic carbocycles. The molecule has 0 aliphatic rings. The van der Waals surface area contributed by atoms with Crippen LogP contribution in [0.1, 0.15) is 17.2 Å². The number of pyridine rings is 1. The summed E-state index contributed by atoms with van der Waals surface area (Å²) in [5.41, 5.74) is -0.497. The molecule has 0 fully saturated rings. The Balaban J connectivity index is 2.19. The third-order valence-electron chi connectivity index (χ3n) is 3.37. The van der Waals surface area contributed by atoms with Gasteiger partial charge in [0, 0.05) is 18.3 Å². The van der Waals surface area contributed by atoms with Crippen molar-refractivity contribution in [2.24, 2.45) is 0 Å². The van der Waals surface area contributed by atoms with Crippen LogP contribution in [0.3, 0.4) is 0 Å². The highest BCUT2D eigenvalue weighted by Crippen LogP contribution is 2.34. The fourth-order valence-corrected chi connectivity index (χ4v) is 2.18. The molecule has 5 nitrogen and oxygen atoms in total. The molecule has 1 unspecified atom stereocenters. The van der Waals surface area contributed by atoms with Gasteiger partial charge < -0.3 is 19.9 Å². The molecule has 2 rings (SSSR count). The third-order valence-corrected chi connectivity index (χ3v) is 3.37. The Kier molecular flexibility index (Phi) is 5.50. The second-order valence-electron chi connectivity index (χ2n) is 4.90. The Morgan fingerprint density at radius 3 is 2.58 bits per heavy atom. The van der Waals surface area contributed by atoms with Gasteiger partial charge in [-0.3, -0.25) is 0 Å². The van der Waals surface area contributed by atoms with Gasteiger partial charge in [0.1, 0.15) is 17.3 Å². The minimum Gasteiger partial charge on any atom is -0.497 e. The number of hydrogen-bond donors (Lipinski definition) is 2. The van der Waals surface area contributed by atoms with Crippen LogP contribution in [0.4, 0.5) is 19.0 Å². The second-order valence-corrected chi connectivity index (χ2v) is 4.90. The molecular weight excluding hydrogens is 325 g/mol. The van der Waals surface area contributed by atoms with Gasteiger partial charge >= 0.3 is 6.18 Å². The molecular formula is C16H17F3N2O3. The number of rotatable bonds is 6. The lowest BCUT2D eigenvalue weighted by Crippen LogP contribution is -2.17. The molecule has 0 aliphatic carbocycles. The highest BCUT2D eigenvalue weighted by Gasteiger charge is 2.34. The monoisotopic (exact) mass is 342 g/mol. The molecule has 0 bridgehead atoms. The second kappa shape index (κ2) is 7.39. The van der Waals surface area contributed by atoms with Crippen molar-refractivity contribution in [3.8, 4) is 11.5 Å². The van der Waals surface area contributed by atoms with Crippen molar-refractivity contribution in [1.82, 2.24) is 4.98 Å². The van der Waals surface area contributed by atoms with Gasteiger partial charge in [0.2, 0.25) is 0 Å². The number of alkyl halides is 3. The Bertz CT molecular complexity index is 693. The van der Waals surface area contributed by atoms with E-state index in [1.165, 1.54) is 26.5 Å². The molecule has 2 N–H and O–H groups in total. The summed E-state index contributed by atoms with van der Waals surface area (Å²) in [6, 6.07) is 6.96. The number of halogens is 3. The smallest absolute Gasteiger partial charge is 0.419 e. The van der Waals surface area contributed by atoms with Crippen molar-refractivity contribution in [2.75, 3.05) is 26.1 Å². The van der Waals surface area contributed by atoms with Crippen LogP contribution in [0.25, 0.3) is 0 Å². The third kappa shape index (κ3) is 4.08. The minimum atomic E-state index is -4.53. The van der Waals surface area contributed by atoms with Crippen LogP contribution in [0.5, 0.6) is 11.5 Å². The summed E-state index contributed by atoms with van der Waals surface area (Å²) < 4.78 is 49.0. The quantitative estimate of drug-likeness (QED) is 0.844. The summed E-state index contributed by atoms with van der Waals surface area (Å²) >= 11 is 0. The summed E-state index contributed by atoms with van der Waals surface area (Å²) in [5.74, 6) is 0.562. The molecule has 130 valence electrons. The first-order valence-corrected chi connectivity index (χ1v) is 7.03. The van der Waals surface area contributed by atoms with Gasteiger partial charge in [-0.1, -0.05) is 0 Å². The predicted octanol–water partition coefficient (Wildman–Crippen LogP) is 3.26. The number of nitrogens with zero attached hydrogens (tertiary/aromatic N) is 1.